The fraction of sp³-hybridized carbons (Fsp3) is 0.333. The molecule has 1 aliphatic heterocycles. The van der Waals surface area contributed by atoms with Gasteiger partial charge in [-0.1, -0.05) is 12.1 Å². The van der Waals surface area contributed by atoms with Crippen LogP contribution in [0.1, 0.15) is 28.8 Å². The molecule has 1 amide bonds. The van der Waals surface area contributed by atoms with E-state index >= 15 is 0 Å². The van der Waals surface area contributed by atoms with Crippen molar-refractivity contribution in [1.82, 2.24) is 9.62 Å². The summed E-state index contributed by atoms with van der Waals surface area (Å²) < 4.78 is 27.3. The third-order valence-electron chi connectivity index (χ3n) is 4.33. The van der Waals surface area contributed by atoms with E-state index in [9.17, 15) is 13.2 Å². The minimum atomic E-state index is -3.65. The molecular weight excluding hydrogens is 370 g/mol. The molecule has 0 bridgehead atoms. The smallest absolute Gasteiger partial charge is 0.253 e. The minimum absolute atomic E-state index is 0.279. The SMILES string of the molecule is Cc1ccc(S(=O)(=O)N2CCCC2C(=O)NCc2ccc(C#N)cc2)s1. The second-order valence-electron chi connectivity index (χ2n) is 6.17. The third-order valence-corrected chi connectivity index (χ3v) is 7.71. The summed E-state index contributed by atoms with van der Waals surface area (Å²) in [5.41, 5.74) is 1.41. The van der Waals surface area contributed by atoms with E-state index in [0.29, 0.717) is 31.5 Å². The minimum Gasteiger partial charge on any atom is -0.351 e. The summed E-state index contributed by atoms with van der Waals surface area (Å²) in [4.78, 5) is 13.5. The molecular formula is C18H19N3O3S2. The number of sulfonamides is 1. The highest BCUT2D eigenvalue weighted by atomic mass is 32.2. The van der Waals surface area contributed by atoms with Gasteiger partial charge in [-0.25, -0.2) is 8.42 Å². The number of thiophene rings is 1. The van der Waals surface area contributed by atoms with Gasteiger partial charge in [-0.2, -0.15) is 9.57 Å². The number of amides is 1. The van der Waals surface area contributed by atoms with Crippen LogP contribution in [0.4, 0.5) is 0 Å². The van der Waals surface area contributed by atoms with Gasteiger partial charge in [0.2, 0.25) is 5.91 Å². The van der Waals surface area contributed by atoms with Crippen LogP contribution in [0.3, 0.4) is 0 Å². The number of nitrogens with zero attached hydrogens (tertiary/aromatic N) is 2. The zero-order valence-electron chi connectivity index (χ0n) is 14.3. The lowest BCUT2D eigenvalue weighted by molar-refractivity contribution is -0.124. The Balaban J connectivity index is 1.69. The Labute approximate surface area is 157 Å². The highest BCUT2D eigenvalue weighted by molar-refractivity contribution is 7.91. The van der Waals surface area contributed by atoms with Crippen LogP contribution >= 0.6 is 11.3 Å². The molecule has 0 aliphatic carbocycles. The van der Waals surface area contributed by atoms with Crippen molar-refractivity contribution in [3.63, 3.8) is 0 Å². The zero-order chi connectivity index (χ0) is 18.7. The first-order chi connectivity index (χ1) is 12.4. The number of benzene rings is 1. The van der Waals surface area contributed by atoms with Crippen LogP contribution in [0, 0.1) is 18.3 Å². The standard InChI is InChI=1S/C18H19N3O3S2/c1-13-4-9-17(25-13)26(23,24)21-10-2-3-16(21)18(22)20-12-15-7-5-14(11-19)6-8-15/h4-9,16H,2-3,10,12H2,1H3,(H,20,22). The lowest BCUT2D eigenvalue weighted by Crippen LogP contribution is -2.45. The lowest BCUT2D eigenvalue weighted by Gasteiger charge is -2.22. The molecule has 0 saturated carbocycles. The zero-order valence-corrected chi connectivity index (χ0v) is 15.9. The molecule has 136 valence electrons. The summed E-state index contributed by atoms with van der Waals surface area (Å²) in [5.74, 6) is -0.288. The van der Waals surface area contributed by atoms with Crippen LogP contribution in [0.2, 0.25) is 0 Å². The van der Waals surface area contributed by atoms with Gasteiger partial charge in [0.15, 0.2) is 0 Å². The Morgan fingerprint density at radius 2 is 2.04 bits per heavy atom. The monoisotopic (exact) mass is 389 g/mol. The van der Waals surface area contributed by atoms with Crippen molar-refractivity contribution in [3.8, 4) is 6.07 Å². The molecule has 3 rings (SSSR count). The fourth-order valence-electron chi connectivity index (χ4n) is 2.96. The Morgan fingerprint density at radius 1 is 1.31 bits per heavy atom. The Kier molecular flexibility index (Phi) is 5.41. The van der Waals surface area contributed by atoms with Gasteiger partial charge in [-0.15, -0.1) is 11.3 Å². The average molecular weight is 390 g/mol. The highest BCUT2D eigenvalue weighted by Crippen LogP contribution is 2.30. The van der Waals surface area contributed by atoms with Crippen molar-refractivity contribution >= 4 is 27.3 Å². The van der Waals surface area contributed by atoms with E-state index in [1.807, 2.05) is 13.0 Å². The maximum Gasteiger partial charge on any atom is 0.253 e. The van der Waals surface area contributed by atoms with Gasteiger partial charge < -0.3 is 5.32 Å². The predicted molar refractivity (Wildman–Crippen MR) is 99.0 cm³/mol. The first-order valence-corrected chi connectivity index (χ1v) is 10.5. The van der Waals surface area contributed by atoms with Crippen LogP contribution < -0.4 is 5.32 Å². The number of rotatable bonds is 5. The number of hydrogen-bond acceptors (Lipinski definition) is 5. The maximum absolute atomic E-state index is 12.8. The Hall–Kier alpha value is -2.21. The summed E-state index contributed by atoms with van der Waals surface area (Å²) in [6, 6.07) is 11.7. The van der Waals surface area contributed by atoms with Crippen LogP contribution in [-0.4, -0.2) is 31.2 Å². The third kappa shape index (κ3) is 3.80. The van der Waals surface area contributed by atoms with Crippen molar-refractivity contribution in [1.29, 1.82) is 5.26 Å². The highest BCUT2D eigenvalue weighted by Gasteiger charge is 2.39. The molecule has 1 atom stereocenters. The van der Waals surface area contributed by atoms with Crippen LogP contribution in [0.15, 0.2) is 40.6 Å². The van der Waals surface area contributed by atoms with Crippen LogP contribution in [0.25, 0.3) is 0 Å². The van der Waals surface area contributed by atoms with Crippen LogP contribution in [0.5, 0.6) is 0 Å². The molecule has 1 fully saturated rings. The number of carbonyl (C=O) groups excluding carboxylic acids is 1. The van der Waals surface area contributed by atoms with E-state index in [4.69, 9.17) is 5.26 Å². The molecule has 1 unspecified atom stereocenters. The molecule has 1 aromatic carbocycles. The first-order valence-electron chi connectivity index (χ1n) is 8.27. The second kappa shape index (κ2) is 7.58. The molecule has 0 spiro atoms. The largest absolute Gasteiger partial charge is 0.351 e. The van der Waals surface area contributed by atoms with Crippen molar-refractivity contribution in [2.45, 2.75) is 36.6 Å². The van der Waals surface area contributed by atoms with E-state index in [-0.39, 0.29) is 10.1 Å². The maximum atomic E-state index is 12.8. The molecule has 1 saturated heterocycles. The fourth-order valence-corrected chi connectivity index (χ4v) is 6.03. The summed E-state index contributed by atoms with van der Waals surface area (Å²) in [7, 11) is -3.65. The molecule has 2 aromatic rings. The average Bonchev–Trinajstić information content (AvgIpc) is 3.30. The van der Waals surface area contributed by atoms with Crippen molar-refractivity contribution in [2.75, 3.05) is 6.54 Å². The molecule has 0 radical (unpaired) electrons. The molecule has 1 aliphatic rings. The number of carbonyl (C=O) groups is 1. The van der Waals surface area contributed by atoms with Crippen molar-refractivity contribution in [3.05, 3.63) is 52.4 Å². The number of nitrogens with one attached hydrogen (secondary N) is 1. The van der Waals surface area contributed by atoms with Gasteiger partial charge in [0.1, 0.15) is 10.3 Å². The predicted octanol–water partition coefficient (Wildman–Crippen LogP) is 2.40. The second-order valence-corrected chi connectivity index (χ2v) is 9.57. The van der Waals surface area contributed by atoms with E-state index in [2.05, 4.69) is 5.32 Å². The van der Waals surface area contributed by atoms with Crippen molar-refractivity contribution in [2.24, 2.45) is 0 Å². The summed E-state index contributed by atoms with van der Waals surface area (Å²) in [6.07, 6.45) is 1.18. The summed E-state index contributed by atoms with van der Waals surface area (Å²) >= 11 is 1.22. The van der Waals surface area contributed by atoms with Gasteiger partial charge in [0, 0.05) is 18.0 Å². The lowest BCUT2D eigenvalue weighted by atomic mass is 10.1. The van der Waals surface area contributed by atoms with E-state index in [0.717, 1.165) is 10.4 Å². The van der Waals surface area contributed by atoms with E-state index in [1.165, 1.54) is 15.6 Å². The normalized spacial score (nSPS) is 17.8. The van der Waals surface area contributed by atoms with Gasteiger partial charge in [0.05, 0.1) is 11.6 Å². The van der Waals surface area contributed by atoms with Gasteiger partial charge in [0.25, 0.3) is 10.0 Å². The molecule has 26 heavy (non-hydrogen) atoms. The summed E-state index contributed by atoms with van der Waals surface area (Å²) in [6.45, 7) is 2.51. The topological polar surface area (TPSA) is 90.3 Å². The van der Waals surface area contributed by atoms with E-state index in [1.54, 1.807) is 36.4 Å². The number of nitriles is 1. The van der Waals surface area contributed by atoms with E-state index < -0.39 is 16.1 Å². The van der Waals surface area contributed by atoms with Gasteiger partial charge in [-0.3, -0.25) is 4.79 Å². The number of hydrogen-bond donors (Lipinski definition) is 1. The van der Waals surface area contributed by atoms with Gasteiger partial charge in [-0.05, 0) is 49.6 Å². The Morgan fingerprint density at radius 3 is 2.65 bits per heavy atom. The molecule has 6 nitrogen and oxygen atoms in total. The summed E-state index contributed by atoms with van der Waals surface area (Å²) in [5, 5.41) is 11.6. The Bertz CT molecular complexity index is 943. The van der Waals surface area contributed by atoms with Crippen LogP contribution in [-0.2, 0) is 21.4 Å². The van der Waals surface area contributed by atoms with Gasteiger partial charge >= 0.3 is 0 Å². The first kappa shape index (κ1) is 18.6. The molecule has 8 heteroatoms. The molecule has 2 heterocycles. The van der Waals surface area contributed by atoms with Crippen molar-refractivity contribution < 1.29 is 13.2 Å². The number of aryl methyl sites for hydroxylation is 1. The molecule has 1 aromatic heterocycles. The molecule has 1 N–H and O–H groups in total. The quantitative estimate of drug-likeness (QED) is 0.850.